The van der Waals surface area contributed by atoms with Crippen molar-refractivity contribution in [1.82, 2.24) is 0 Å². The Morgan fingerprint density at radius 1 is 0.771 bits per heavy atom. The molecule has 1 saturated heterocycles. The second-order valence-electron chi connectivity index (χ2n) is 19.0. The van der Waals surface area contributed by atoms with Crippen molar-refractivity contribution < 1.29 is 91.9 Å². The van der Waals surface area contributed by atoms with Crippen LogP contribution in [0.3, 0.4) is 0 Å². The lowest BCUT2D eigenvalue weighted by atomic mass is 9.83. The van der Waals surface area contributed by atoms with Gasteiger partial charge in [-0.3, -0.25) is 28.0 Å². The summed E-state index contributed by atoms with van der Waals surface area (Å²) in [6.07, 6.45) is 6.37. The molecule has 12 atom stereocenters. The zero-order valence-electron chi connectivity index (χ0n) is 41.7. The SMILES string of the molecule is CCCCCCCC/C=C\CCCCCCCCCC(=O)O[C@@H]1COC(=O)CCCCCC[C@H]2C(=O)C[C@@H](O)[C@H](/C=C/[C@@H](O)CCCCC)[C@@H](O)[C@@H](OP(=O)(O)O)[C@@H](OP(=O)(O)OC1)[C@H](O)[C@@H](O)[C@@H]2O. The number of fused-ring (bicyclic) bond motifs is 4. The number of aliphatic hydroxyl groups is 6. The number of Topliss-reactive ketones (excluding diaryl/α,β-unsaturated/α-hetero) is 1. The van der Waals surface area contributed by atoms with Crippen LogP contribution in [0.15, 0.2) is 24.3 Å². The Kier molecular flexibility index (Phi) is 33.1. The molecule has 408 valence electrons. The minimum absolute atomic E-state index is 0.0321. The van der Waals surface area contributed by atoms with E-state index in [9.17, 15) is 68.8 Å². The van der Waals surface area contributed by atoms with Crippen LogP contribution >= 0.6 is 15.6 Å². The number of carbonyl (C=O) groups excluding carboxylic acids is 3. The number of ketones is 1. The zero-order chi connectivity index (χ0) is 52.0. The molecule has 1 unspecified atom stereocenters. The van der Waals surface area contributed by atoms with Crippen molar-refractivity contribution in [2.24, 2.45) is 11.8 Å². The summed E-state index contributed by atoms with van der Waals surface area (Å²) in [5, 5.41) is 68.3. The summed E-state index contributed by atoms with van der Waals surface area (Å²) in [6, 6.07) is 0. The number of hydrogen-bond acceptors (Lipinski definition) is 16. The van der Waals surface area contributed by atoms with Gasteiger partial charge in [-0.15, -0.1) is 0 Å². The number of unbranched alkanes of at least 4 members (excludes halogenated alkanes) is 15. The number of ether oxygens (including phenoxy) is 2. The van der Waals surface area contributed by atoms with Crippen molar-refractivity contribution in [3.05, 3.63) is 24.3 Å². The highest BCUT2D eigenvalue weighted by molar-refractivity contribution is 7.47. The van der Waals surface area contributed by atoms with Crippen LogP contribution in [0.2, 0.25) is 0 Å². The monoisotopic (exact) mass is 1040 g/mol. The summed E-state index contributed by atoms with van der Waals surface area (Å²) in [5.41, 5.74) is 0. The van der Waals surface area contributed by atoms with E-state index in [4.69, 9.17) is 23.0 Å². The highest BCUT2D eigenvalue weighted by Crippen LogP contribution is 2.49. The van der Waals surface area contributed by atoms with Crippen LogP contribution in [0.4, 0.5) is 0 Å². The van der Waals surface area contributed by atoms with E-state index in [2.05, 4.69) is 19.1 Å². The van der Waals surface area contributed by atoms with Crippen LogP contribution in [0.25, 0.3) is 0 Å². The number of hydrogen-bond donors (Lipinski definition) is 9. The molecule has 1 aliphatic carbocycles. The molecule has 9 N–H and O–H groups in total. The highest BCUT2D eigenvalue weighted by atomic mass is 31.2. The third-order valence-electron chi connectivity index (χ3n) is 12.9. The molecule has 0 radical (unpaired) electrons. The van der Waals surface area contributed by atoms with Crippen molar-refractivity contribution in [2.75, 3.05) is 13.2 Å². The maximum absolute atomic E-state index is 13.8. The van der Waals surface area contributed by atoms with Crippen molar-refractivity contribution >= 4 is 33.4 Å². The molecule has 0 aromatic carbocycles. The van der Waals surface area contributed by atoms with Gasteiger partial charge in [-0.25, -0.2) is 9.13 Å². The standard InChI is InChI=1S/C49H88O19P2/c1-3-5-7-8-9-10-11-12-13-14-15-16-17-18-19-20-26-30-43(54)66-37-34-64-42(53)29-25-22-21-24-28-38-40(51)33-41(52)39(32-31-36(50)27-23-6-4-2)45(56)48(67-69(59,60)61)49(47(58)46(57)44(38)55)68-70(62,63)65-35-37/h12-13,31-32,36-39,41,44-50,52,55-58H,3-11,14-30,33-35H2,1-2H3,(H,62,63)(H2,59,60,61)/b13-12-,32-31+/t36-,37+,38-,39-,41+,44+,45+,46-,47+,48+,49-/m0/s1. The summed E-state index contributed by atoms with van der Waals surface area (Å²) in [4.78, 5) is 70.6. The summed E-state index contributed by atoms with van der Waals surface area (Å²) in [6.45, 7) is 2.58. The Morgan fingerprint density at radius 2 is 1.36 bits per heavy atom. The molecular formula is C49H88O19P2. The maximum Gasteiger partial charge on any atom is 0.472 e. The van der Waals surface area contributed by atoms with Crippen LogP contribution in [0.1, 0.15) is 187 Å². The van der Waals surface area contributed by atoms with Crippen LogP contribution in [-0.2, 0) is 46.6 Å². The lowest BCUT2D eigenvalue weighted by molar-refractivity contribution is -0.165. The van der Waals surface area contributed by atoms with Gasteiger partial charge in [0.2, 0.25) is 0 Å². The number of allylic oxidation sites excluding steroid dienone is 2. The Labute approximate surface area is 415 Å². The Morgan fingerprint density at radius 3 is 1.99 bits per heavy atom. The topological polar surface area (TPSA) is 314 Å². The van der Waals surface area contributed by atoms with Gasteiger partial charge in [0.25, 0.3) is 0 Å². The summed E-state index contributed by atoms with van der Waals surface area (Å²) < 4.78 is 52.3. The van der Waals surface area contributed by atoms with Gasteiger partial charge < -0.3 is 54.8 Å². The summed E-state index contributed by atoms with van der Waals surface area (Å²) in [7, 11) is -11.5. The van der Waals surface area contributed by atoms with E-state index < -0.39 is 120 Å². The smallest absolute Gasteiger partial charge is 0.462 e. The molecule has 19 nitrogen and oxygen atoms in total. The van der Waals surface area contributed by atoms with Crippen LogP contribution < -0.4 is 0 Å². The van der Waals surface area contributed by atoms with E-state index in [1.54, 1.807) is 0 Å². The van der Waals surface area contributed by atoms with E-state index in [1.807, 2.05) is 6.92 Å². The number of phosphoric ester groups is 2. The van der Waals surface area contributed by atoms with Gasteiger partial charge in [0, 0.05) is 31.1 Å². The molecule has 2 aliphatic rings. The zero-order valence-corrected chi connectivity index (χ0v) is 43.5. The predicted octanol–water partition coefficient (Wildman–Crippen LogP) is 7.10. The highest BCUT2D eigenvalue weighted by Gasteiger charge is 2.51. The minimum atomic E-state index is -5.78. The van der Waals surface area contributed by atoms with Crippen molar-refractivity contribution in [3.8, 4) is 0 Å². The van der Waals surface area contributed by atoms with E-state index in [0.717, 1.165) is 70.3 Å². The van der Waals surface area contributed by atoms with Gasteiger partial charge in [-0.05, 0) is 51.4 Å². The van der Waals surface area contributed by atoms with Gasteiger partial charge in [-0.2, -0.15) is 0 Å². The number of phosphoric acid groups is 2. The first-order valence-corrected chi connectivity index (χ1v) is 29.0. The summed E-state index contributed by atoms with van der Waals surface area (Å²) in [5.74, 6) is -5.49. The molecule has 0 aromatic heterocycles. The van der Waals surface area contributed by atoms with Gasteiger partial charge >= 0.3 is 27.6 Å². The molecule has 1 saturated carbocycles. The molecule has 2 rings (SSSR count). The van der Waals surface area contributed by atoms with E-state index in [1.165, 1.54) is 44.6 Å². The second-order valence-corrected chi connectivity index (χ2v) is 21.6. The number of esters is 2. The first-order valence-electron chi connectivity index (χ1n) is 26.0. The molecule has 1 aliphatic heterocycles. The largest absolute Gasteiger partial charge is 0.472 e. The molecule has 2 fully saturated rings. The van der Waals surface area contributed by atoms with Crippen molar-refractivity contribution in [2.45, 2.75) is 242 Å². The summed E-state index contributed by atoms with van der Waals surface area (Å²) >= 11 is 0. The molecule has 0 aromatic rings. The van der Waals surface area contributed by atoms with E-state index >= 15 is 0 Å². The van der Waals surface area contributed by atoms with Gasteiger partial charge in [0.15, 0.2) is 6.10 Å². The van der Waals surface area contributed by atoms with Crippen LogP contribution in [0.5, 0.6) is 0 Å². The second kappa shape index (κ2) is 36.1. The number of cyclic esters (lactones) is 1. The molecule has 0 spiro atoms. The fraction of sp³-hybridized carbons (Fsp3) is 0.857. The minimum Gasteiger partial charge on any atom is -0.462 e. The molecule has 21 heteroatoms. The third kappa shape index (κ3) is 27.4. The van der Waals surface area contributed by atoms with Crippen molar-refractivity contribution in [3.63, 3.8) is 0 Å². The Balaban J connectivity index is 2.27. The average Bonchev–Trinajstić information content (AvgIpc) is 3.30. The van der Waals surface area contributed by atoms with Gasteiger partial charge in [0.1, 0.15) is 36.8 Å². The lowest BCUT2D eigenvalue weighted by Crippen LogP contribution is -2.56. The first-order chi connectivity index (χ1) is 33.3. The predicted molar refractivity (Wildman–Crippen MR) is 261 cm³/mol. The Bertz CT molecular complexity index is 1610. The molecular weight excluding hydrogens is 954 g/mol. The Hall–Kier alpha value is -1.93. The third-order valence-corrected chi connectivity index (χ3v) is 14.4. The molecule has 2 bridgehead atoms. The average molecular weight is 1040 g/mol. The van der Waals surface area contributed by atoms with Gasteiger partial charge in [-0.1, -0.05) is 141 Å². The first kappa shape index (κ1) is 64.2. The molecule has 0 amide bonds. The number of aliphatic hydroxyl groups excluding tert-OH is 6. The van der Waals surface area contributed by atoms with Crippen molar-refractivity contribution in [1.29, 1.82) is 0 Å². The van der Waals surface area contributed by atoms with E-state index in [-0.39, 0.29) is 32.1 Å². The fourth-order valence-electron chi connectivity index (χ4n) is 8.75. The quantitative estimate of drug-likeness (QED) is 0.0180. The maximum atomic E-state index is 13.8. The lowest BCUT2D eigenvalue weighted by Gasteiger charge is -2.38. The normalized spacial score (nSPS) is 30.2. The number of carbonyl (C=O) groups is 3. The van der Waals surface area contributed by atoms with E-state index in [0.29, 0.717) is 32.1 Å². The van der Waals surface area contributed by atoms with Crippen LogP contribution in [0, 0.1) is 11.8 Å². The van der Waals surface area contributed by atoms with Gasteiger partial charge in [0.05, 0.1) is 31.0 Å². The van der Waals surface area contributed by atoms with Crippen LogP contribution in [-0.4, -0.2) is 131 Å². The fourth-order valence-corrected chi connectivity index (χ4v) is 10.3. The molecule has 70 heavy (non-hydrogen) atoms. The molecule has 1 heterocycles. The number of rotatable bonds is 26.